The highest BCUT2D eigenvalue weighted by molar-refractivity contribution is 8.32. The maximum absolute atomic E-state index is 14.2. The van der Waals surface area contributed by atoms with E-state index in [4.69, 9.17) is 9.47 Å². The van der Waals surface area contributed by atoms with E-state index < -0.39 is 33.3 Å². The summed E-state index contributed by atoms with van der Waals surface area (Å²) < 4.78 is 41.3. The number of carbonyl (C=O) groups is 2. The highest BCUT2D eigenvalue weighted by Gasteiger charge is 2.30. The fourth-order valence-corrected chi connectivity index (χ4v) is 5.71. The molecule has 4 rings (SSSR count). The molecule has 1 unspecified atom stereocenters. The molecule has 2 aromatic heterocycles. The van der Waals surface area contributed by atoms with Crippen LogP contribution in [0.15, 0.2) is 60.8 Å². The average molecular weight is 627 g/mol. The quantitative estimate of drug-likeness (QED) is 0.192. The Hall–Kier alpha value is -4.12. The average Bonchev–Trinajstić information content (AvgIpc) is 3.29. The van der Waals surface area contributed by atoms with Gasteiger partial charge in [-0.1, -0.05) is 36.4 Å². The second-order valence-corrected chi connectivity index (χ2v) is 16.7. The molecule has 0 fully saturated rings. The van der Waals surface area contributed by atoms with Gasteiger partial charge in [-0.15, -0.1) is 0 Å². The number of fused-ring (bicyclic) bond motifs is 1. The Balaban J connectivity index is 1.51. The summed E-state index contributed by atoms with van der Waals surface area (Å²) in [7, 11) is -0.886. The Morgan fingerprint density at radius 2 is 1.68 bits per heavy atom. The van der Waals surface area contributed by atoms with E-state index >= 15 is 0 Å². The predicted molar refractivity (Wildman–Crippen MR) is 171 cm³/mol. The molecule has 236 valence electrons. The number of halogens is 2. The number of nitrogens with one attached hydrogen (secondary N) is 2. The van der Waals surface area contributed by atoms with Gasteiger partial charge in [-0.05, 0) is 81.0 Å². The Bertz CT molecular complexity index is 1620. The first-order valence-electron chi connectivity index (χ1n) is 14.2. The summed E-state index contributed by atoms with van der Waals surface area (Å²) >= 11 is 0. The van der Waals surface area contributed by atoms with Gasteiger partial charge >= 0.3 is 6.09 Å². The zero-order valence-electron chi connectivity index (χ0n) is 26.0. The van der Waals surface area contributed by atoms with Crippen LogP contribution in [0, 0.1) is 25.5 Å². The third-order valence-corrected chi connectivity index (χ3v) is 8.60. The molecule has 4 aromatic rings. The largest absolute Gasteiger partial charge is 0.485 e. The summed E-state index contributed by atoms with van der Waals surface area (Å²) in [5.41, 5.74) is 1.74. The first-order chi connectivity index (χ1) is 20.7. The molecule has 0 saturated carbocycles. The van der Waals surface area contributed by atoms with Crippen molar-refractivity contribution in [3.05, 3.63) is 101 Å². The minimum absolute atomic E-state index is 0.133. The Morgan fingerprint density at radius 1 is 1.00 bits per heavy atom. The highest BCUT2D eigenvalue weighted by Crippen LogP contribution is 2.37. The third-order valence-electron chi connectivity index (χ3n) is 7.17. The van der Waals surface area contributed by atoms with Crippen LogP contribution in [-0.4, -0.2) is 58.0 Å². The molecule has 0 aliphatic carbocycles. The van der Waals surface area contributed by atoms with Crippen LogP contribution in [0.25, 0.3) is 5.65 Å². The van der Waals surface area contributed by atoms with E-state index in [1.807, 2.05) is 44.2 Å². The Labute approximate surface area is 258 Å². The van der Waals surface area contributed by atoms with Crippen LogP contribution in [0.1, 0.15) is 46.2 Å². The number of carbonyl (C=O) groups excluding carboxylic acids is 2. The van der Waals surface area contributed by atoms with Gasteiger partial charge in [0.1, 0.15) is 30.5 Å². The van der Waals surface area contributed by atoms with Gasteiger partial charge in [0.2, 0.25) is 0 Å². The SMILES string of the molecule is Cc1cc(OCc2c(F)cccc2F)c2nc(C)c(C(=O)NCC(C)(CCS(C)(C)C)NC(=O)OCc3ccccc3)n2c1. The fraction of sp³-hybridized carbons (Fsp3) is 0.364. The van der Waals surface area contributed by atoms with Crippen molar-refractivity contribution in [1.82, 2.24) is 20.0 Å². The van der Waals surface area contributed by atoms with E-state index in [2.05, 4.69) is 34.4 Å². The molecule has 0 aliphatic heterocycles. The molecular formula is C33H40F2N4O4S. The number of aryl methyl sites for hydroxylation is 2. The summed E-state index contributed by atoms with van der Waals surface area (Å²) in [5.74, 6) is -0.643. The van der Waals surface area contributed by atoms with Crippen molar-refractivity contribution in [2.75, 3.05) is 31.1 Å². The molecule has 2 amide bonds. The van der Waals surface area contributed by atoms with E-state index in [1.54, 1.807) is 23.6 Å². The lowest BCUT2D eigenvalue weighted by Gasteiger charge is -2.35. The van der Waals surface area contributed by atoms with Gasteiger partial charge in [0.25, 0.3) is 5.91 Å². The number of aromatic nitrogens is 2. The Morgan fingerprint density at radius 3 is 2.34 bits per heavy atom. The van der Waals surface area contributed by atoms with Crippen molar-refractivity contribution < 1.29 is 27.8 Å². The van der Waals surface area contributed by atoms with Gasteiger partial charge < -0.3 is 20.1 Å². The fourth-order valence-electron chi connectivity index (χ4n) is 4.65. The van der Waals surface area contributed by atoms with Crippen molar-refractivity contribution in [2.45, 2.75) is 45.9 Å². The monoisotopic (exact) mass is 626 g/mol. The first-order valence-corrected chi connectivity index (χ1v) is 17.3. The van der Waals surface area contributed by atoms with Crippen molar-refractivity contribution >= 4 is 27.7 Å². The molecule has 0 bridgehead atoms. The second-order valence-electron chi connectivity index (χ2n) is 12.1. The first kappa shape index (κ1) is 32.8. The predicted octanol–water partition coefficient (Wildman–Crippen LogP) is 6.31. The number of benzene rings is 2. The summed E-state index contributed by atoms with van der Waals surface area (Å²) in [6, 6.07) is 14.8. The minimum atomic E-state index is -0.886. The van der Waals surface area contributed by atoms with Gasteiger partial charge in [0.05, 0.1) is 16.8 Å². The summed E-state index contributed by atoms with van der Waals surface area (Å²) in [6.07, 6.45) is 8.41. The van der Waals surface area contributed by atoms with Crippen molar-refractivity contribution in [1.29, 1.82) is 0 Å². The number of hydrogen-bond donors (Lipinski definition) is 2. The molecule has 0 aliphatic rings. The van der Waals surface area contributed by atoms with Gasteiger partial charge in [-0.3, -0.25) is 9.20 Å². The molecule has 2 aromatic carbocycles. The van der Waals surface area contributed by atoms with Crippen LogP contribution in [-0.2, 0) is 18.0 Å². The summed E-state index contributed by atoms with van der Waals surface area (Å²) in [6.45, 7) is 5.36. The number of hydrogen-bond acceptors (Lipinski definition) is 5. The van der Waals surface area contributed by atoms with E-state index in [-0.39, 0.29) is 37.0 Å². The number of nitrogens with zero attached hydrogens (tertiary/aromatic N) is 2. The number of pyridine rings is 1. The number of rotatable bonds is 12. The topological polar surface area (TPSA) is 94.0 Å². The third kappa shape index (κ3) is 8.49. The molecule has 2 N–H and O–H groups in total. The van der Waals surface area contributed by atoms with Crippen LogP contribution in [0.5, 0.6) is 5.75 Å². The maximum Gasteiger partial charge on any atom is 0.407 e. The molecule has 0 saturated heterocycles. The molecule has 1 atom stereocenters. The highest BCUT2D eigenvalue weighted by atomic mass is 32.3. The molecule has 0 spiro atoms. The van der Waals surface area contributed by atoms with E-state index in [1.165, 1.54) is 18.2 Å². The lowest BCUT2D eigenvalue weighted by molar-refractivity contribution is 0.0923. The number of ether oxygens (including phenoxy) is 2. The van der Waals surface area contributed by atoms with E-state index in [0.29, 0.717) is 23.5 Å². The molecule has 8 nitrogen and oxygen atoms in total. The van der Waals surface area contributed by atoms with Gasteiger partial charge in [0.15, 0.2) is 11.4 Å². The van der Waals surface area contributed by atoms with Crippen LogP contribution in [0.2, 0.25) is 0 Å². The lowest BCUT2D eigenvalue weighted by atomic mass is 9.99. The van der Waals surface area contributed by atoms with Crippen LogP contribution in [0.3, 0.4) is 0 Å². The summed E-state index contributed by atoms with van der Waals surface area (Å²) in [5, 5.41) is 5.97. The van der Waals surface area contributed by atoms with Gasteiger partial charge in [-0.25, -0.2) is 28.6 Å². The smallest absolute Gasteiger partial charge is 0.407 e. The molecule has 44 heavy (non-hydrogen) atoms. The molecule has 11 heteroatoms. The van der Waals surface area contributed by atoms with Crippen molar-refractivity contribution in [3.63, 3.8) is 0 Å². The number of imidazole rings is 1. The lowest BCUT2D eigenvalue weighted by Crippen LogP contribution is -2.54. The zero-order valence-corrected chi connectivity index (χ0v) is 26.8. The number of alkyl carbamates (subject to hydrolysis) is 1. The van der Waals surface area contributed by atoms with Crippen LogP contribution < -0.4 is 15.4 Å². The maximum atomic E-state index is 14.2. The van der Waals surface area contributed by atoms with Crippen LogP contribution in [0.4, 0.5) is 13.6 Å². The zero-order chi connectivity index (χ0) is 32.1. The van der Waals surface area contributed by atoms with Crippen LogP contribution >= 0.6 is 10.0 Å². The minimum Gasteiger partial charge on any atom is -0.485 e. The molecule has 2 heterocycles. The molecule has 0 radical (unpaired) electrons. The van der Waals surface area contributed by atoms with Crippen molar-refractivity contribution in [2.24, 2.45) is 0 Å². The van der Waals surface area contributed by atoms with Crippen molar-refractivity contribution in [3.8, 4) is 5.75 Å². The van der Waals surface area contributed by atoms with E-state index in [9.17, 15) is 18.4 Å². The second kappa shape index (κ2) is 13.7. The molecular weight excluding hydrogens is 586 g/mol. The van der Waals surface area contributed by atoms with Gasteiger partial charge in [-0.2, -0.15) is 0 Å². The number of amides is 2. The summed E-state index contributed by atoms with van der Waals surface area (Å²) in [4.78, 5) is 31.0. The Kier molecular flexibility index (Phi) is 10.2. The normalized spacial score (nSPS) is 13.3. The standard InChI is InChI=1S/C33H40F2N4O4S/c1-22-17-28(42-20-25-26(34)13-10-14-27(25)35)30-37-23(2)29(39(30)18-22)31(40)36-21-33(3,15-16-44(4,5)6)38-32(41)43-19-24-11-8-7-9-12-24/h7-14,17-18H,15-16,19-21H2,1-6H3,(H,36,40)(H,38,41). The van der Waals surface area contributed by atoms with E-state index in [0.717, 1.165) is 16.9 Å². The van der Waals surface area contributed by atoms with Gasteiger partial charge in [0, 0.05) is 12.7 Å².